The zero-order valence-electron chi connectivity index (χ0n) is 11.0. The van der Waals surface area contributed by atoms with Gasteiger partial charge in [-0.1, -0.05) is 18.2 Å². The maximum atomic E-state index is 13.0. The molecule has 4 nitrogen and oxygen atoms in total. The quantitative estimate of drug-likeness (QED) is 0.865. The van der Waals surface area contributed by atoms with E-state index in [-0.39, 0.29) is 5.56 Å². The van der Waals surface area contributed by atoms with E-state index >= 15 is 0 Å². The second kappa shape index (κ2) is 4.84. The topological polar surface area (TPSA) is 65.2 Å². The number of carbonyl (C=O) groups is 1. The van der Waals surface area contributed by atoms with Gasteiger partial charge in [0.25, 0.3) is 0 Å². The zero-order chi connectivity index (χ0) is 15.9. The molecule has 2 amide bonds. The lowest BCUT2D eigenvalue weighted by atomic mass is 9.87. The van der Waals surface area contributed by atoms with Crippen LogP contribution in [0.25, 0.3) is 0 Å². The van der Waals surface area contributed by atoms with E-state index in [1.165, 1.54) is 12.1 Å². The summed E-state index contributed by atoms with van der Waals surface area (Å²) in [5, 5.41) is 11.6. The molecule has 7 heteroatoms. The van der Waals surface area contributed by atoms with Crippen molar-refractivity contribution >= 4 is 11.7 Å². The number of hydrogen-bond acceptors (Lipinski definition) is 2. The molecule has 0 spiro atoms. The molecule has 0 saturated heterocycles. The minimum atomic E-state index is -4.60. The van der Waals surface area contributed by atoms with E-state index < -0.39 is 29.3 Å². The van der Waals surface area contributed by atoms with Gasteiger partial charge in [-0.3, -0.25) is 0 Å². The Labute approximate surface area is 123 Å². The van der Waals surface area contributed by atoms with Crippen LogP contribution in [0.2, 0.25) is 0 Å². The van der Waals surface area contributed by atoms with E-state index in [1.807, 2.05) is 0 Å². The molecule has 1 aliphatic carbocycles. The molecular weight excluding hydrogens is 295 g/mol. The Morgan fingerprint density at radius 3 is 2.77 bits per heavy atom. The van der Waals surface area contributed by atoms with Crippen molar-refractivity contribution in [2.24, 2.45) is 4.99 Å². The summed E-state index contributed by atoms with van der Waals surface area (Å²) in [7, 11) is 0. The number of aliphatic imine (C=N–C) groups is 1. The van der Waals surface area contributed by atoms with Gasteiger partial charge in [0.1, 0.15) is 6.07 Å². The minimum absolute atomic E-state index is 0.237. The average molecular weight is 303 g/mol. The Kier molecular flexibility index (Phi) is 3.10. The van der Waals surface area contributed by atoms with Crippen LogP contribution >= 0.6 is 0 Å². The summed E-state index contributed by atoms with van der Waals surface area (Å²) >= 11 is 0. The van der Waals surface area contributed by atoms with Crippen LogP contribution < -0.4 is 5.32 Å². The number of halogens is 3. The molecule has 110 valence electrons. The van der Waals surface area contributed by atoms with E-state index in [4.69, 9.17) is 5.26 Å². The third-order valence-electron chi connectivity index (χ3n) is 3.42. The lowest BCUT2D eigenvalue weighted by Gasteiger charge is -2.18. The van der Waals surface area contributed by atoms with Crippen molar-refractivity contribution in [3.63, 3.8) is 0 Å². The monoisotopic (exact) mass is 303 g/mol. The number of hydrogen-bond donors (Lipinski definition) is 1. The van der Waals surface area contributed by atoms with Crippen LogP contribution in [-0.2, 0) is 6.18 Å². The predicted molar refractivity (Wildman–Crippen MR) is 72.1 cm³/mol. The number of benzene rings is 1. The maximum absolute atomic E-state index is 13.0. The highest BCUT2D eigenvalue weighted by Gasteiger charge is 2.35. The van der Waals surface area contributed by atoms with Gasteiger partial charge < -0.3 is 5.32 Å². The second-order valence-electron chi connectivity index (χ2n) is 4.77. The lowest BCUT2D eigenvalue weighted by molar-refractivity contribution is -0.137. The van der Waals surface area contributed by atoms with Crippen LogP contribution in [0.4, 0.5) is 18.0 Å². The molecule has 22 heavy (non-hydrogen) atoms. The van der Waals surface area contributed by atoms with Gasteiger partial charge in [-0.15, -0.1) is 0 Å². The van der Waals surface area contributed by atoms with Crippen molar-refractivity contribution < 1.29 is 18.0 Å². The number of nitrogens with one attached hydrogen (secondary N) is 1. The molecule has 1 aromatic carbocycles. The van der Waals surface area contributed by atoms with Gasteiger partial charge in [0.05, 0.1) is 22.5 Å². The van der Waals surface area contributed by atoms with Crippen molar-refractivity contribution in [1.82, 2.24) is 5.32 Å². The highest BCUT2D eigenvalue weighted by Crippen LogP contribution is 2.36. The Morgan fingerprint density at radius 1 is 1.32 bits per heavy atom. The van der Waals surface area contributed by atoms with E-state index in [2.05, 4.69) is 10.3 Å². The van der Waals surface area contributed by atoms with Gasteiger partial charge >= 0.3 is 12.2 Å². The van der Waals surface area contributed by atoms with Crippen LogP contribution in [0.1, 0.15) is 22.6 Å². The molecule has 0 fully saturated rings. The van der Waals surface area contributed by atoms with Crippen LogP contribution in [0.5, 0.6) is 0 Å². The molecule has 0 bridgehead atoms. The first-order valence-electron chi connectivity index (χ1n) is 6.30. The number of carbonyl (C=O) groups excluding carboxylic acids is 1. The lowest BCUT2D eigenvalue weighted by Crippen LogP contribution is -2.18. The summed E-state index contributed by atoms with van der Waals surface area (Å²) in [4.78, 5) is 14.9. The van der Waals surface area contributed by atoms with Gasteiger partial charge in [0.15, 0.2) is 0 Å². The summed E-state index contributed by atoms with van der Waals surface area (Å²) in [6.45, 7) is 0. The third kappa shape index (κ3) is 2.29. The smallest absolute Gasteiger partial charge is 0.304 e. The highest BCUT2D eigenvalue weighted by molar-refractivity contribution is 6.19. The standard InChI is InChI=1S/C15H8F3N3O/c16-15(17,18)11-3-1-2-9(10(11)7-19)8-4-5-12-13(6-8)21-14(22)20-12/h1-6,8H,(H,21,22). The van der Waals surface area contributed by atoms with Gasteiger partial charge in [0.2, 0.25) is 0 Å². The van der Waals surface area contributed by atoms with Crippen molar-refractivity contribution in [1.29, 1.82) is 5.26 Å². The number of rotatable bonds is 1. The first-order valence-corrected chi connectivity index (χ1v) is 6.30. The molecule has 1 heterocycles. The molecule has 1 unspecified atom stereocenters. The average Bonchev–Trinajstić information content (AvgIpc) is 2.84. The maximum Gasteiger partial charge on any atom is 0.417 e. The number of fused-ring (bicyclic) bond motifs is 1. The van der Waals surface area contributed by atoms with Crippen LogP contribution in [-0.4, -0.2) is 11.7 Å². The first-order chi connectivity index (χ1) is 10.4. The van der Waals surface area contributed by atoms with Crippen LogP contribution in [0.3, 0.4) is 0 Å². The number of urea groups is 1. The molecule has 1 atom stereocenters. The van der Waals surface area contributed by atoms with E-state index in [0.717, 1.165) is 6.07 Å². The van der Waals surface area contributed by atoms with E-state index in [9.17, 15) is 18.0 Å². The number of alkyl halides is 3. The van der Waals surface area contributed by atoms with Crippen LogP contribution in [0, 0.1) is 11.3 Å². The molecule has 1 aromatic rings. The Balaban J connectivity index is 2.08. The molecule has 3 rings (SSSR count). The summed E-state index contributed by atoms with van der Waals surface area (Å²) in [5.74, 6) is -0.538. The Morgan fingerprint density at radius 2 is 2.09 bits per heavy atom. The normalized spacial score (nSPS) is 19.9. The molecule has 0 radical (unpaired) electrons. The number of nitriles is 1. The Bertz CT molecular complexity index is 797. The van der Waals surface area contributed by atoms with E-state index in [1.54, 1.807) is 24.3 Å². The van der Waals surface area contributed by atoms with Gasteiger partial charge in [0, 0.05) is 5.92 Å². The fraction of sp³-hybridized carbons (Fsp3) is 0.133. The predicted octanol–water partition coefficient (Wildman–Crippen LogP) is 3.28. The number of allylic oxidation sites excluding steroid dienone is 3. The van der Waals surface area contributed by atoms with Crippen molar-refractivity contribution in [3.05, 3.63) is 58.8 Å². The van der Waals surface area contributed by atoms with Crippen molar-refractivity contribution in [3.8, 4) is 6.07 Å². The second-order valence-corrected chi connectivity index (χ2v) is 4.77. The SMILES string of the molecule is N#Cc1c(C2C=CC3=NC(=O)NC3=C2)cccc1C(F)(F)F. The molecule has 2 aliphatic rings. The first kappa shape index (κ1) is 14.1. The minimum Gasteiger partial charge on any atom is -0.304 e. The fourth-order valence-electron chi connectivity index (χ4n) is 2.46. The third-order valence-corrected chi connectivity index (χ3v) is 3.42. The zero-order valence-corrected chi connectivity index (χ0v) is 11.0. The molecule has 1 N–H and O–H groups in total. The summed E-state index contributed by atoms with van der Waals surface area (Å²) < 4.78 is 39.0. The number of nitrogens with zero attached hydrogens (tertiary/aromatic N) is 2. The van der Waals surface area contributed by atoms with Crippen molar-refractivity contribution in [2.45, 2.75) is 12.1 Å². The van der Waals surface area contributed by atoms with Crippen molar-refractivity contribution in [2.75, 3.05) is 0 Å². The Hall–Kier alpha value is -2.88. The molecule has 1 aliphatic heterocycles. The summed E-state index contributed by atoms with van der Waals surface area (Å²) in [5.41, 5.74) is -0.257. The molecular formula is C15H8F3N3O. The summed E-state index contributed by atoms with van der Waals surface area (Å²) in [6, 6.07) is 4.74. The molecule has 0 saturated carbocycles. The largest absolute Gasteiger partial charge is 0.417 e. The molecule has 0 aromatic heterocycles. The van der Waals surface area contributed by atoms with E-state index in [0.29, 0.717) is 11.4 Å². The summed E-state index contributed by atoms with van der Waals surface area (Å²) in [6.07, 6.45) is 0.152. The number of amides is 2. The van der Waals surface area contributed by atoms with Gasteiger partial charge in [-0.05, 0) is 23.8 Å². The highest BCUT2D eigenvalue weighted by atomic mass is 19.4. The van der Waals surface area contributed by atoms with Crippen LogP contribution in [0.15, 0.2) is 47.1 Å². The van der Waals surface area contributed by atoms with Gasteiger partial charge in [-0.25, -0.2) is 4.79 Å². The van der Waals surface area contributed by atoms with Gasteiger partial charge in [-0.2, -0.15) is 23.4 Å². The fourth-order valence-corrected chi connectivity index (χ4v) is 2.46.